The number of unbranched alkanes of at least 4 members (excludes halogenated alkanes) is 18. The van der Waals surface area contributed by atoms with E-state index in [0.29, 0.717) is 18.4 Å². The number of allylic oxidation sites excluding steroid dienone is 8. The highest BCUT2D eigenvalue weighted by atomic mass is 16.6. The van der Waals surface area contributed by atoms with E-state index >= 15 is 0 Å². The summed E-state index contributed by atoms with van der Waals surface area (Å²) >= 11 is 0. The van der Waals surface area contributed by atoms with Crippen molar-refractivity contribution in [1.29, 1.82) is 0 Å². The Morgan fingerprint density at radius 1 is 0.522 bits per heavy atom. The Labute approximate surface area is 289 Å². The quantitative estimate of drug-likeness (QED) is 0.0424. The number of nitrogens with one attached hydrogen (secondary N) is 1. The lowest BCUT2D eigenvalue weighted by Crippen LogP contribution is -2.33. The van der Waals surface area contributed by atoms with Crippen LogP contribution in [0.5, 0.6) is 0 Å². The number of rotatable bonds is 35. The summed E-state index contributed by atoms with van der Waals surface area (Å²) in [5.41, 5.74) is 0. The van der Waals surface area contributed by atoms with E-state index in [2.05, 4.69) is 86.8 Å². The van der Waals surface area contributed by atoms with E-state index in [4.69, 9.17) is 4.74 Å². The predicted octanol–water partition coefficient (Wildman–Crippen LogP) is 13.0. The van der Waals surface area contributed by atoms with Gasteiger partial charge in [0.15, 0.2) is 0 Å². The summed E-state index contributed by atoms with van der Waals surface area (Å²) in [6.07, 6.45) is 55.2. The molecule has 3 nitrogen and oxygen atoms in total. The molecule has 0 bridgehead atoms. The second-order valence-electron chi connectivity index (χ2n) is 14.3. The minimum atomic E-state index is 0.305. The van der Waals surface area contributed by atoms with E-state index in [9.17, 15) is 0 Å². The number of hydrogen-bond donors (Lipinski definition) is 1. The van der Waals surface area contributed by atoms with Gasteiger partial charge in [-0.1, -0.05) is 152 Å². The first-order chi connectivity index (χ1) is 22.7. The number of nitrogens with zero attached hydrogens (tertiary/aromatic N) is 1. The molecular weight excluding hydrogens is 560 g/mol. The molecule has 1 rings (SSSR count). The SMILES string of the molecule is CCCCC/C=C\C/C=C\CCCCCCCCC(CCCCCCCC/C=C\C/C=C\CCCCC)NC1OC1CCN(C)C. The molecule has 1 fully saturated rings. The molecule has 1 aliphatic heterocycles. The summed E-state index contributed by atoms with van der Waals surface area (Å²) < 4.78 is 6.01. The Bertz CT molecular complexity index is 691. The first-order valence-electron chi connectivity index (χ1n) is 20.3. The van der Waals surface area contributed by atoms with Gasteiger partial charge in [0.25, 0.3) is 0 Å². The average Bonchev–Trinajstić information content (AvgIpc) is 3.80. The molecule has 1 aliphatic rings. The van der Waals surface area contributed by atoms with Crippen LogP contribution in [-0.4, -0.2) is 43.9 Å². The molecule has 0 spiro atoms. The van der Waals surface area contributed by atoms with Gasteiger partial charge >= 0.3 is 0 Å². The highest BCUT2D eigenvalue weighted by molar-refractivity contribution is 4.93. The van der Waals surface area contributed by atoms with Crippen LogP contribution in [0.15, 0.2) is 48.6 Å². The van der Waals surface area contributed by atoms with Crippen LogP contribution in [0.3, 0.4) is 0 Å². The lowest BCUT2D eigenvalue weighted by Gasteiger charge is -2.18. The monoisotopic (exact) mass is 641 g/mol. The van der Waals surface area contributed by atoms with Gasteiger partial charge in [-0.3, -0.25) is 5.32 Å². The first kappa shape index (κ1) is 42.9. The third kappa shape index (κ3) is 30.2. The zero-order chi connectivity index (χ0) is 33.2. The van der Waals surface area contributed by atoms with E-state index in [-0.39, 0.29) is 0 Å². The number of ether oxygens (including phenoxy) is 1. The third-order valence-electron chi connectivity index (χ3n) is 9.35. The standard InChI is InChI=1S/C43H80N2O/c1-5-7-9-11-13-15-17-19-21-23-25-27-29-31-33-35-37-41(44-43-42(46-43)39-40-45(3)4)38-36-34-32-30-28-26-24-22-20-18-16-14-12-10-8-6-2/h13-16,19-22,41-44H,5-12,17-18,23-40H2,1-4H3/b15-13-,16-14-,21-19-,22-20-. The summed E-state index contributed by atoms with van der Waals surface area (Å²) in [4.78, 5) is 2.27. The molecule has 0 aromatic heterocycles. The van der Waals surface area contributed by atoms with Crippen molar-refractivity contribution in [2.45, 2.75) is 206 Å². The first-order valence-corrected chi connectivity index (χ1v) is 20.3. The van der Waals surface area contributed by atoms with Gasteiger partial charge in [0, 0.05) is 12.6 Å². The van der Waals surface area contributed by atoms with Gasteiger partial charge in [-0.25, -0.2) is 0 Å². The van der Waals surface area contributed by atoms with Crippen molar-refractivity contribution >= 4 is 0 Å². The molecule has 1 saturated heterocycles. The van der Waals surface area contributed by atoms with Gasteiger partial charge in [-0.15, -0.1) is 0 Å². The molecular formula is C43H80N2O. The van der Waals surface area contributed by atoms with Crippen LogP contribution in [0, 0.1) is 0 Å². The van der Waals surface area contributed by atoms with E-state index in [1.54, 1.807) is 0 Å². The maximum absolute atomic E-state index is 6.01. The second-order valence-corrected chi connectivity index (χ2v) is 14.3. The lowest BCUT2D eigenvalue weighted by molar-refractivity contribution is 0.297. The third-order valence-corrected chi connectivity index (χ3v) is 9.35. The van der Waals surface area contributed by atoms with Crippen LogP contribution in [0.1, 0.15) is 187 Å². The van der Waals surface area contributed by atoms with E-state index in [1.807, 2.05) is 0 Å². The minimum Gasteiger partial charge on any atom is -0.353 e. The van der Waals surface area contributed by atoms with Crippen LogP contribution in [0.4, 0.5) is 0 Å². The predicted molar refractivity (Wildman–Crippen MR) is 207 cm³/mol. The van der Waals surface area contributed by atoms with Crippen LogP contribution in [-0.2, 0) is 4.74 Å². The van der Waals surface area contributed by atoms with Gasteiger partial charge < -0.3 is 9.64 Å². The molecule has 0 saturated carbocycles. The van der Waals surface area contributed by atoms with Crippen molar-refractivity contribution in [2.24, 2.45) is 0 Å². The van der Waals surface area contributed by atoms with Crippen molar-refractivity contribution in [1.82, 2.24) is 10.2 Å². The molecule has 0 aliphatic carbocycles. The fourth-order valence-electron chi connectivity index (χ4n) is 6.20. The number of epoxide rings is 1. The molecule has 0 aromatic carbocycles. The summed E-state index contributed by atoms with van der Waals surface area (Å²) in [5.74, 6) is 0. The average molecular weight is 641 g/mol. The maximum atomic E-state index is 6.01. The summed E-state index contributed by atoms with van der Waals surface area (Å²) in [6, 6.07) is 0.631. The second kappa shape index (κ2) is 33.7. The largest absolute Gasteiger partial charge is 0.353 e. The summed E-state index contributed by atoms with van der Waals surface area (Å²) in [6.45, 7) is 5.66. The van der Waals surface area contributed by atoms with Crippen molar-refractivity contribution in [3.63, 3.8) is 0 Å². The van der Waals surface area contributed by atoms with Crippen LogP contribution >= 0.6 is 0 Å². The molecule has 0 aromatic rings. The Morgan fingerprint density at radius 2 is 0.913 bits per heavy atom. The molecule has 268 valence electrons. The highest BCUT2D eigenvalue weighted by Crippen LogP contribution is 2.25. The Hall–Kier alpha value is -1.16. The van der Waals surface area contributed by atoms with Crippen molar-refractivity contribution in [3.05, 3.63) is 48.6 Å². The van der Waals surface area contributed by atoms with Gasteiger partial charge in [-0.2, -0.15) is 0 Å². The molecule has 46 heavy (non-hydrogen) atoms. The van der Waals surface area contributed by atoms with Gasteiger partial charge in [0.1, 0.15) is 12.3 Å². The fourth-order valence-corrected chi connectivity index (χ4v) is 6.20. The summed E-state index contributed by atoms with van der Waals surface area (Å²) in [7, 11) is 4.32. The van der Waals surface area contributed by atoms with Crippen molar-refractivity contribution < 1.29 is 4.74 Å². The zero-order valence-corrected chi connectivity index (χ0v) is 31.5. The van der Waals surface area contributed by atoms with Crippen LogP contribution in [0.2, 0.25) is 0 Å². The fraction of sp³-hybridized carbons (Fsp3) is 0.814. The van der Waals surface area contributed by atoms with Gasteiger partial charge in [-0.05, 0) is 97.6 Å². The van der Waals surface area contributed by atoms with Crippen molar-refractivity contribution in [2.75, 3.05) is 20.6 Å². The molecule has 2 unspecified atom stereocenters. The van der Waals surface area contributed by atoms with E-state index in [0.717, 1.165) is 25.8 Å². The number of hydrogen-bond acceptors (Lipinski definition) is 3. The lowest BCUT2D eigenvalue weighted by atomic mass is 9.99. The minimum absolute atomic E-state index is 0.305. The van der Waals surface area contributed by atoms with E-state index in [1.165, 1.54) is 154 Å². The highest BCUT2D eigenvalue weighted by Gasteiger charge is 2.39. The Balaban J connectivity index is 2.10. The molecule has 1 N–H and O–H groups in total. The zero-order valence-electron chi connectivity index (χ0n) is 31.5. The Kier molecular flexibility index (Phi) is 31.4. The molecule has 3 heteroatoms. The normalized spacial score (nSPS) is 17.0. The topological polar surface area (TPSA) is 27.8 Å². The molecule has 0 radical (unpaired) electrons. The molecule has 0 amide bonds. The van der Waals surface area contributed by atoms with Crippen LogP contribution in [0.25, 0.3) is 0 Å². The van der Waals surface area contributed by atoms with Gasteiger partial charge in [0.05, 0.1) is 0 Å². The summed E-state index contributed by atoms with van der Waals surface area (Å²) in [5, 5.41) is 3.90. The van der Waals surface area contributed by atoms with Crippen LogP contribution < -0.4 is 5.32 Å². The smallest absolute Gasteiger partial charge is 0.135 e. The Morgan fingerprint density at radius 3 is 1.33 bits per heavy atom. The molecule has 1 heterocycles. The molecule has 2 atom stereocenters. The van der Waals surface area contributed by atoms with E-state index < -0.39 is 0 Å². The van der Waals surface area contributed by atoms with Crippen molar-refractivity contribution in [3.8, 4) is 0 Å². The maximum Gasteiger partial charge on any atom is 0.135 e. The van der Waals surface area contributed by atoms with Gasteiger partial charge in [0.2, 0.25) is 0 Å².